The summed E-state index contributed by atoms with van der Waals surface area (Å²) in [6.45, 7) is 30.5. The Bertz CT molecular complexity index is 1540. The minimum absolute atomic E-state index is 0.123. The highest BCUT2D eigenvalue weighted by atomic mass is 32.2. The minimum Gasteiger partial charge on any atom is -0.491 e. The lowest BCUT2D eigenvalue weighted by molar-refractivity contribution is -0.117. The van der Waals surface area contributed by atoms with Crippen molar-refractivity contribution < 1.29 is 41.8 Å². The summed E-state index contributed by atoms with van der Waals surface area (Å²) in [7, 11) is -3.28. The van der Waals surface area contributed by atoms with Crippen LogP contribution in [0.5, 0.6) is 11.5 Å². The van der Waals surface area contributed by atoms with E-state index in [2.05, 4.69) is 61.5 Å². The van der Waals surface area contributed by atoms with E-state index in [1.807, 2.05) is 76.2 Å². The summed E-state index contributed by atoms with van der Waals surface area (Å²) in [6, 6.07) is 15.8. The first-order valence-corrected chi connectivity index (χ1v) is 20.4. The van der Waals surface area contributed by atoms with Crippen molar-refractivity contribution in [1.29, 1.82) is 0 Å². The molecule has 1 aliphatic heterocycles. The van der Waals surface area contributed by atoms with Gasteiger partial charge in [-0.3, -0.25) is 13.9 Å². The van der Waals surface area contributed by atoms with Gasteiger partial charge in [0, 0.05) is 29.6 Å². The minimum atomic E-state index is -3.28. The summed E-state index contributed by atoms with van der Waals surface area (Å²) >= 11 is 0. The van der Waals surface area contributed by atoms with Crippen molar-refractivity contribution in [3.63, 3.8) is 0 Å². The van der Waals surface area contributed by atoms with Gasteiger partial charge in [-0.25, -0.2) is 0 Å². The fraction of sp³-hybridized carbons (Fsp3) is 0.605. The molecule has 1 fully saturated rings. The van der Waals surface area contributed by atoms with Gasteiger partial charge in [-0.1, -0.05) is 57.5 Å². The molecule has 1 heterocycles. The summed E-state index contributed by atoms with van der Waals surface area (Å²) in [4.78, 5) is 13.0. The van der Waals surface area contributed by atoms with Crippen LogP contribution in [0.3, 0.4) is 0 Å². The number of nitrogens with zero attached hydrogens (tertiary/aromatic N) is 1. The van der Waals surface area contributed by atoms with Gasteiger partial charge in [0.15, 0.2) is 0 Å². The molecular formula is C43H70N2O9S. The van der Waals surface area contributed by atoms with E-state index in [4.69, 9.17) is 20.6 Å². The summed E-state index contributed by atoms with van der Waals surface area (Å²) in [5.74, 6) is 3.66. The predicted octanol–water partition coefficient (Wildman–Crippen LogP) is 6.50. The molecule has 0 aliphatic carbocycles. The van der Waals surface area contributed by atoms with Crippen molar-refractivity contribution in [2.45, 2.75) is 124 Å². The van der Waals surface area contributed by atoms with E-state index >= 15 is 0 Å². The van der Waals surface area contributed by atoms with Gasteiger partial charge in [0.1, 0.15) is 37.4 Å². The Morgan fingerprint density at radius 2 is 1.29 bits per heavy atom. The first kappa shape index (κ1) is 51.6. The molecule has 0 radical (unpaired) electrons. The molecule has 55 heavy (non-hydrogen) atoms. The van der Waals surface area contributed by atoms with Gasteiger partial charge in [0.05, 0.1) is 24.6 Å². The summed E-state index contributed by atoms with van der Waals surface area (Å²) in [5, 5.41) is 22.2. The molecule has 2 atom stereocenters. The number of amides is 1. The second kappa shape index (κ2) is 23.6. The van der Waals surface area contributed by atoms with Crippen LogP contribution in [0, 0.1) is 12.3 Å². The second-order valence-electron chi connectivity index (χ2n) is 16.7. The van der Waals surface area contributed by atoms with Gasteiger partial charge < -0.3 is 29.7 Å². The monoisotopic (exact) mass is 790 g/mol. The highest BCUT2D eigenvalue weighted by molar-refractivity contribution is 7.86. The Labute approximate surface area is 332 Å². The molecule has 312 valence electrons. The number of carbonyl (C=O) groups excluding carboxylic acids is 1. The fourth-order valence-electron chi connectivity index (χ4n) is 4.50. The van der Waals surface area contributed by atoms with Crippen LogP contribution in [0.1, 0.15) is 101 Å². The normalized spacial score (nSPS) is 14.1. The lowest BCUT2D eigenvalue weighted by Crippen LogP contribution is -2.39. The van der Waals surface area contributed by atoms with E-state index in [-0.39, 0.29) is 36.7 Å². The first-order valence-electron chi connectivity index (χ1n) is 18.6. The lowest BCUT2D eigenvalue weighted by atomic mass is 9.78. The first-order chi connectivity index (χ1) is 25.1. The number of hydrogen-bond acceptors (Lipinski definition) is 10. The Hall–Kier alpha value is -3.44. The quantitative estimate of drug-likeness (QED) is 0.0638. The largest absolute Gasteiger partial charge is 0.491 e. The van der Waals surface area contributed by atoms with Crippen molar-refractivity contribution in [2.24, 2.45) is 0 Å². The molecule has 0 bridgehead atoms. The van der Waals surface area contributed by atoms with Crippen molar-refractivity contribution in [1.82, 2.24) is 10.2 Å². The summed E-state index contributed by atoms with van der Waals surface area (Å²) < 4.78 is 41.8. The molecule has 1 amide bonds. The molecule has 2 unspecified atom stereocenters. The average molecular weight is 791 g/mol. The van der Waals surface area contributed by atoms with Gasteiger partial charge in [-0.05, 0) is 110 Å². The summed E-state index contributed by atoms with van der Waals surface area (Å²) in [5.41, 5.74) is 1.78. The van der Waals surface area contributed by atoms with Crippen LogP contribution in [-0.4, -0.2) is 104 Å². The zero-order chi connectivity index (χ0) is 42.7. The van der Waals surface area contributed by atoms with Gasteiger partial charge in [0.25, 0.3) is 10.1 Å². The van der Waals surface area contributed by atoms with Crippen LogP contribution in [0.25, 0.3) is 0 Å². The number of aliphatic hydroxyl groups is 2. The van der Waals surface area contributed by atoms with Gasteiger partial charge in [-0.2, -0.15) is 8.42 Å². The molecule has 0 saturated carbocycles. The maximum Gasteiger partial charge on any atom is 0.264 e. The highest BCUT2D eigenvalue weighted by Crippen LogP contribution is 2.33. The number of terminal acetylenes is 1. The Balaban J connectivity index is 0.000000936. The standard InChI is InChI=1S/C25H32O5.C7H13NO.C6H13N.C5H12O3S/c1-5-15-28-16-22(27)18-30-24-13-9-20(10-14-24)25(3,4)19-7-11-23(12-8-19)29-17-21(26)6-2;1-5-6(9)8-7(2,3)4;1-6(2,3)7-4-5-7;1-5(2,3)8-9(4,6)7/h1,7-14,21-22,26-27H,6,15-18H2,2-4H3;5H,1H2,2-4H3,(H,8,9);4-5H2,1-3H3;1-4H3. The zero-order valence-corrected chi connectivity index (χ0v) is 36.5. The molecule has 1 saturated heterocycles. The van der Waals surface area contributed by atoms with E-state index in [9.17, 15) is 23.4 Å². The molecule has 2 aromatic rings. The van der Waals surface area contributed by atoms with Crippen molar-refractivity contribution in [2.75, 3.05) is 45.8 Å². The third kappa shape index (κ3) is 26.1. The molecule has 11 nitrogen and oxygen atoms in total. The average Bonchev–Trinajstić information content (AvgIpc) is 3.92. The molecule has 2 aromatic carbocycles. The molecule has 0 aromatic heterocycles. The molecule has 3 N–H and O–H groups in total. The second-order valence-corrected chi connectivity index (χ2v) is 18.3. The van der Waals surface area contributed by atoms with Gasteiger partial charge in [-0.15, -0.1) is 6.42 Å². The topological polar surface area (TPSA) is 144 Å². The maximum absolute atomic E-state index is 10.6. The lowest BCUT2D eigenvalue weighted by Gasteiger charge is -2.26. The molecule has 1 aliphatic rings. The number of ether oxygens (including phenoxy) is 3. The van der Waals surface area contributed by atoms with Crippen LogP contribution in [0.15, 0.2) is 61.2 Å². The van der Waals surface area contributed by atoms with E-state index in [1.165, 1.54) is 19.2 Å². The maximum atomic E-state index is 10.6. The van der Waals surface area contributed by atoms with Crippen LogP contribution in [0.4, 0.5) is 0 Å². The van der Waals surface area contributed by atoms with E-state index in [1.54, 1.807) is 20.8 Å². The predicted molar refractivity (Wildman–Crippen MR) is 223 cm³/mol. The van der Waals surface area contributed by atoms with Crippen LogP contribution in [-0.2, 0) is 29.2 Å². The Kier molecular flexibility index (Phi) is 22.1. The molecule has 3 rings (SSSR count). The van der Waals surface area contributed by atoms with Crippen LogP contribution in [0.2, 0.25) is 0 Å². The van der Waals surface area contributed by atoms with Crippen molar-refractivity contribution in [3.8, 4) is 23.8 Å². The molecular weight excluding hydrogens is 721 g/mol. The highest BCUT2D eigenvalue weighted by Gasteiger charge is 2.29. The SMILES string of the molecule is C#CCOCC(O)COc1ccc(C(C)(C)c2ccc(OCC(O)CC)cc2)cc1.C=CC(=O)NC(C)(C)C.CC(C)(C)N1CC1.CC(C)(C)OS(C)(=O)=O. The van der Waals surface area contributed by atoms with E-state index in [0.29, 0.717) is 24.3 Å². The number of aliphatic hydroxyl groups excluding tert-OH is 2. The van der Waals surface area contributed by atoms with Crippen molar-refractivity contribution >= 4 is 16.0 Å². The van der Waals surface area contributed by atoms with Gasteiger partial charge in [0.2, 0.25) is 5.91 Å². The van der Waals surface area contributed by atoms with Crippen molar-refractivity contribution in [3.05, 3.63) is 72.3 Å². The number of benzene rings is 2. The Morgan fingerprint density at radius 1 is 0.855 bits per heavy atom. The van der Waals surface area contributed by atoms with Crippen LogP contribution < -0.4 is 14.8 Å². The Morgan fingerprint density at radius 3 is 1.55 bits per heavy atom. The van der Waals surface area contributed by atoms with Crippen LogP contribution >= 0.6 is 0 Å². The smallest absolute Gasteiger partial charge is 0.264 e. The molecule has 12 heteroatoms. The van der Waals surface area contributed by atoms with E-state index < -0.39 is 27.9 Å². The summed E-state index contributed by atoms with van der Waals surface area (Å²) in [6.07, 6.45) is 6.91. The third-order valence-corrected chi connectivity index (χ3v) is 8.29. The third-order valence-electron chi connectivity index (χ3n) is 7.48. The van der Waals surface area contributed by atoms with Gasteiger partial charge >= 0.3 is 0 Å². The zero-order valence-electron chi connectivity index (χ0n) is 35.7. The number of carbonyl (C=O) groups is 1. The van der Waals surface area contributed by atoms with E-state index in [0.717, 1.165) is 23.1 Å². The fourth-order valence-corrected chi connectivity index (χ4v) is 5.41. The molecule has 0 spiro atoms. The number of nitrogens with one attached hydrogen (secondary N) is 1. The number of rotatable bonds is 14. The number of hydrogen-bond donors (Lipinski definition) is 3.